The maximum Gasteiger partial charge on any atom is 0.226 e. The number of rotatable bonds is 20. The zero-order chi connectivity index (χ0) is 39.4. The maximum absolute atomic E-state index is 14.3. The number of carbonyl (C=O) groups excluding carboxylic acids is 4. The van der Waals surface area contributed by atoms with E-state index in [1.54, 1.807) is 26.2 Å². The van der Waals surface area contributed by atoms with Crippen molar-refractivity contribution >= 4 is 23.5 Å². The van der Waals surface area contributed by atoms with E-state index in [0.29, 0.717) is 32.5 Å². The molecule has 0 aromatic heterocycles. The molecule has 11 heteroatoms. The molecule has 2 aliphatic heterocycles. The van der Waals surface area contributed by atoms with Crippen molar-refractivity contribution in [3.63, 3.8) is 0 Å². The van der Waals surface area contributed by atoms with Crippen LogP contribution in [0.25, 0.3) is 0 Å². The van der Waals surface area contributed by atoms with Crippen LogP contribution < -0.4 is 0 Å². The van der Waals surface area contributed by atoms with E-state index in [9.17, 15) is 24.3 Å². The molecule has 2 fully saturated rings. The van der Waals surface area contributed by atoms with Gasteiger partial charge in [-0.1, -0.05) is 71.4 Å². The molecule has 2 heterocycles. The van der Waals surface area contributed by atoms with Gasteiger partial charge in [-0.3, -0.25) is 19.2 Å². The Kier molecular flexibility index (Phi) is 17.9. The molecule has 0 saturated carbocycles. The Balaban J connectivity index is 1.74. The lowest BCUT2D eigenvalue weighted by atomic mass is 9.85. The number of aliphatic hydroxyl groups is 1. The summed E-state index contributed by atoms with van der Waals surface area (Å²) in [6.07, 6.45) is 2.08. The lowest BCUT2D eigenvalue weighted by Crippen LogP contribution is -2.54. The van der Waals surface area contributed by atoms with Crippen LogP contribution in [0.5, 0.6) is 0 Å². The number of morpholine rings is 1. The van der Waals surface area contributed by atoms with E-state index < -0.39 is 30.1 Å². The first-order valence-electron chi connectivity index (χ1n) is 19.9. The van der Waals surface area contributed by atoms with Crippen LogP contribution in [0.15, 0.2) is 30.3 Å². The number of carbonyl (C=O) groups is 4. The summed E-state index contributed by atoms with van der Waals surface area (Å²) in [5.74, 6) is -1.52. The number of ether oxygens (including phenoxy) is 3. The Hall–Kier alpha value is -2.86. The fourth-order valence-electron chi connectivity index (χ4n) is 8.53. The molecule has 3 rings (SSSR count). The predicted octanol–water partition coefficient (Wildman–Crippen LogP) is 5.02. The Labute approximate surface area is 319 Å². The minimum atomic E-state index is -0.583. The number of Topliss-reactive ketones (excluding diaryl/α,β-unsaturated/α-hetero) is 1. The second-order valence-corrected chi connectivity index (χ2v) is 16.1. The number of aliphatic hydroxyl groups excluding tert-OH is 1. The minimum absolute atomic E-state index is 0.00806. The van der Waals surface area contributed by atoms with E-state index in [-0.39, 0.29) is 85.4 Å². The lowest BCUT2D eigenvalue weighted by molar-refractivity contribution is -0.152. The summed E-state index contributed by atoms with van der Waals surface area (Å²) in [7, 11) is 4.96. The maximum atomic E-state index is 14.3. The summed E-state index contributed by atoms with van der Waals surface area (Å²) in [5.41, 5.74) is 1.07. The highest BCUT2D eigenvalue weighted by Crippen LogP contribution is 2.31. The van der Waals surface area contributed by atoms with Gasteiger partial charge in [-0.25, -0.2) is 0 Å². The molecule has 1 aromatic carbocycles. The lowest BCUT2D eigenvalue weighted by Gasteiger charge is -2.41. The first kappa shape index (κ1) is 44.5. The smallest absolute Gasteiger partial charge is 0.226 e. The Morgan fingerprint density at radius 3 is 2.13 bits per heavy atom. The fraction of sp³-hybridized carbons (Fsp3) is 0.762. The summed E-state index contributed by atoms with van der Waals surface area (Å²) in [6, 6.07) is 9.17. The van der Waals surface area contributed by atoms with Crippen molar-refractivity contribution in [3.8, 4) is 0 Å². The second-order valence-electron chi connectivity index (χ2n) is 16.1. The standard InChI is InChI=1S/C42H69N3O8/c1-11-28(4)40(43(8)42(50)34(27(2)3)22-38(48)44-24-29(5)53-30(6)25-44)37(51-9)23-39(49)45-19-15-18-35(45)41(52-10)31(7)36(47)21-33(26-46)20-32-16-13-12-14-17-32/h12-14,16-17,27-31,33-35,37,40-41,46H,11,15,18-26H2,1-10H3/t28-,29-,30-,31-,33+,34-,35-,37+,40-,41+/m0/s1. The van der Waals surface area contributed by atoms with Gasteiger partial charge in [0.15, 0.2) is 0 Å². The van der Waals surface area contributed by atoms with Crippen molar-refractivity contribution in [1.82, 2.24) is 14.7 Å². The molecule has 0 radical (unpaired) electrons. The number of hydrogen-bond donors (Lipinski definition) is 1. The van der Waals surface area contributed by atoms with Crippen LogP contribution in [0.3, 0.4) is 0 Å². The van der Waals surface area contributed by atoms with E-state index in [0.717, 1.165) is 18.4 Å². The molecule has 0 bridgehead atoms. The molecule has 53 heavy (non-hydrogen) atoms. The van der Waals surface area contributed by atoms with Crippen molar-refractivity contribution in [2.45, 2.75) is 130 Å². The quantitative estimate of drug-likeness (QED) is 0.198. The average Bonchev–Trinajstić information content (AvgIpc) is 3.62. The zero-order valence-electron chi connectivity index (χ0n) is 34.2. The minimum Gasteiger partial charge on any atom is -0.396 e. The van der Waals surface area contributed by atoms with Gasteiger partial charge in [0.1, 0.15) is 5.78 Å². The third kappa shape index (κ3) is 12.1. The summed E-state index contributed by atoms with van der Waals surface area (Å²) >= 11 is 0. The monoisotopic (exact) mass is 744 g/mol. The highest BCUT2D eigenvalue weighted by atomic mass is 16.5. The number of methoxy groups -OCH3 is 2. The predicted molar refractivity (Wildman–Crippen MR) is 206 cm³/mol. The van der Waals surface area contributed by atoms with Crippen LogP contribution in [0.2, 0.25) is 0 Å². The van der Waals surface area contributed by atoms with Crippen LogP contribution in [-0.4, -0.2) is 127 Å². The summed E-state index contributed by atoms with van der Waals surface area (Å²) in [4.78, 5) is 61.0. The van der Waals surface area contributed by atoms with Gasteiger partial charge >= 0.3 is 0 Å². The molecule has 0 aliphatic carbocycles. The van der Waals surface area contributed by atoms with Gasteiger partial charge in [0.25, 0.3) is 0 Å². The molecular formula is C42H69N3O8. The summed E-state index contributed by atoms with van der Waals surface area (Å²) < 4.78 is 17.8. The van der Waals surface area contributed by atoms with E-state index in [4.69, 9.17) is 14.2 Å². The molecule has 10 atom stereocenters. The van der Waals surface area contributed by atoms with Crippen molar-refractivity contribution in [3.05, 3.63) is 35.9 Å². The largest absolute Gasteiger partial charge is 0.396 e. The first-order chi connectivity index (χ1) is 25.2. The van der Waals surface area contributed by atoms with Gasteiger partial charge in [-0.05, 0) is 56.4 Å². The fourth-order valence-corrected chi connectivity index (χ4v) is 8.53. The second kappa shape index (κ2) is 21.3. The number of likely N-dealkylation sites (N-methyl/N-ethyl adjacent to an activating group) is 1. The molecule has 300 valence electrons. The normalized spacial score (nSPS) is 23.2. The topological polar surface area (TPSA) is 126 Å². The molecule has 1 aromatic rings. The van der Waals surface area contributed by atoms with Gasteiger partial charge in [-0.15, -0.1) is 0 Å². The molecule has 3 amide bonds. The molecule has 11 nitrogen and oxygen atoms in total. The van der Waals surface area contributed by atoms with E-state index >= 15 is 0 Å². The molecule has 2 aliphatic rings. The Morgan fingerprint density at radius 1 is 0.943 bits per heavy atom. The molecule has 0 unspecified atom stereocenters. The van der Waals surface area contributed by atoms with Gasteiger partial charge in [0.05, 0.1) is 42.9 Å². The molecule has 1 N–H and O–H groups in total. The number of hydrogen-bond acceptors (Lipinski definition) is 8. The van der Waals surface area contributed by atoms with E-state index in [1.165, 1.54) is 0 Å². The van der Waals surface area contributed by atoms with Gasteiger partial charge in [0.2, 0.25) is 17.7 Å². The van der Waals surface area contributed by atoms with Gasteiger partial charge in [-0.2, -0.15) is 0 Å². The van der Waals surface area contributed by atoms with Crippen molar-refractivity contribution in [1.29, 1.82) is 0 Å². The average molecular weight is 744 g/mol. The van der Waals surface area contributed by atoms with Gasteiger partial charge < -0.3 is 34.0 Å². The van der Waals surface area contributed by atoms with Gasteiger partial charge in [0, 0.05) is 72.2 Å². The number of benzene rings is 1. The first-order valence-corrected chi connectivity index (χ1v) is 19.9. The van der Waals surface area contributed by atoms with Crippen LogP contribution in [0, 0.1) is 29.6 Å². The highest BCUT2D eigenvalue weighted by Gasteiger charge is 2.43. The third-order valence-electron chi connectivity index (χ3n) is 11.8. The highest BCUT2D eigenvalue weighted by molar-refractivity contribution is 5.86. The van der Waals surface area contributed by atoms with Crippen LogP contribution in [0.4, 0.5) is 0 Å². The Bertz CT molecular complexity index is 1300. The third-order valence-corrected chi connectivity index (χ3v) is 11.8. The number of nitrogens with zero attached hydrogens (tertiary/aromatic N) is 3. The zero-order valence-corrected chi connectivity index (χ0v) is 34.2. The van der Waals surface area contributed by atoms with Crippen LogP contribution in [-0.2, 0) is 39.8 Å². The summed E-state index contributed by atoms with van der Waals surface area (Å²) in [5, 5.41) is 10.1. The van der Waals surface area contributed by atoms with Crippen molar-refractivity contribution in [2.75, 3.05) is 47.5 Å². The molecule has 0 spiro atoms. The summed E-state index contributed by atoms with van der Waals surface area (Å²) in [6.45, 7) is 15.3. The molecular weight excluding hydrogens is 674 g/mol. The van der Waals surface area contributed by atoms with Crippen LogP contribution >= 0.6 is 0 Å². The molecule has 2 saturated heterocycles. The van der Waals surface area contributed by atoms with E-state index in [2.05, 4.69) is 13.8 Å². The SMILES string of the molecule is CC[C@H](C)[C@@H]([C@@H](CC(=O)N1CCC[C@H]1[C@H](OC)[C@@H](C)C(=O)C[C@H](CO)Cc1ccccc1)OC)N(C)C(=O)[C@@H](CC(=O)N1C[C@H](C)O[C@@H](C)C1)C(C)C. The number of likely N-dealkylation sites (tertiary alicyclic amines) is 1. The number of amides is 3. The van der Waals surface area contributed by atoms with E-state index in [1.807, 2.05) is 74.8 Å². The Morgan fingerprint density at radius 2 is 1.58 bits per heavy atom. The number of ketones is 1. The van der Waals surface area contributed by atoms with Crippen LogP contribution in [0.1, 0.15) is 92.6 Å². The van der Waals surface area contributed by atoms with Crippen molar-refractivity contribution < 1.29 is 38.5 Å². The van der Waals surface area contributed by atoms with Crippen molar-refractivity contribution in [2.24, 2.45) is 29.6 Å².